The van der Waals surface area contributed by atoms with Gasteiger partial charge in [-0.25, -0.2) is 0 Å². The second kappa shape index (κ2) is 2.82. The molecule has 0 aliphatic heterocycles. The van der Waals surface area contributed by atoms with Crippen molar-refractivity contribution in [1.29, 1.82) is 0 Å². The third-order valence-corrected chi connectivity index (χ3v) is 4.08. The van der Waals surface area contributed by atoms with E-state index in [1.807, 2.05) is 0 Å². The summed E-state index contributed by atoms with van der Waals surface area (Å²) in [6.07, 6.45) is 6.65. The number of hydrogen-bond donors (Lipinski definition) is 0. The molecule has 2 heteroatoms. The van der Waals surface area contributed by atoms with Crippen molar-refractivity contribution in [2.45, 2.75) is 39.0 Å². The molecule has 3 unspecified atom stereocenters. The maximum atomic E-state index is 10.00. The van der Waals surface area contributed by atoms with Crippen molar-refractivity contribution in [3.8, 4) is 0 Å². The molecule has 12 heavy (non-hydrogen) atoms. The number of nitrogens with zero attached hydrogens (tertiary/aromatic N) is 1. The molecule has 2 nitrogen and oxygen atoms in total. The van der Waals surface area contributed by atoms with Gasteiger partial charge in [0.25, 0.3) is 0 Å². The average molecular weight is 167 g/mol. The van der Waals surface area contributed by atoms with Gasteiger partial charge in [0, 0.05) is 0 Å². The van der Waals surface area contributed by atoms with Crippen molar-refractivity contribution >= 4 is 0 Å². The average Bonchev–Trinajstić information content (AvgIpc) is 2.67. The van der Waals surface area contributed by atoms with E-state index < -0.39 is 0 Å². The predicted molar refractivity (Wildman–Crippen MR) is 48.8 cm³/mol. The van der Waals surface area contributed by atoms with Crippen molar-refractivity contribution in [2.24, 2.45) is 22.4 Å². The normalized spacial score (nSPS) is 45.1. The highest BCUT2D eigenvalue weighted by atomic mass is 16.3. The van der Waals surface area contributed by atoms with E-state index in [0.29, 0.717) is 12.0 Å². The molecule has 0 saturated heterocycles. The maximum Gasteiger partial charge on any atom is 0.0814 e. The Morgan fingerprint density at radius 3 is 2.92 bits per heavy atom. The van der Waals surface area contributed by atoms with E-state index in [1.54, 1.807) is 0 Å². The van der Waals surface area contributed by atoms with Gasteiger partial charge in [0.15, 0.2) is 0 Å². The molecular weight excluding hydrogens is 150 g/mol. The van der Waals surface area contributed by atoms with Crippen molar-refractivity contribution in [3.63, 3.8) is 0 Å². The summed E-state index contributed by atoms with van der Waals surface area (Å²) in [7, 11) is 0. The minimum atomic E-state index is 0.538. The van der Waals surface area contributed by atoms with E-state index in [2.05, 4.69) is 12.1 Å². The molecule has 0 radical (unpaired) electrons. The van der Waals surface area contributed by atoms with Crippen LogP contribution in [0.4, 0.5) is 0 Å². The Morgan fingerprint density at radius 1 is 1.50 bits per heavy atom. The first kappa shape index (κ1) is 8.21. The van der Waals surface area contributed by atoms with Gasteiger partial charge in [0.2, 0.25) is 0 Å². The minimum absolute atomic E-state index is 0.538. The fourth-order valence-corrected chi connectivity index (χ4v) is 3.26. The van der Waals surface area contributed by atoms with Gasteiger partial charge in [-0.15, -0.1) is 0 Å². The lowest BCUT2D eigenvalue weighted by Crippen LogP contribution is -2.04. The van der Waals surface area contributed by atoms with Crippen LogP contribution in [0, 0.1) is 22.2 Å². The molecule has 0 aromatic carbocycles. The van der Waals surface area contributed by atoms with E-state index in [0.717, 1.165) is 18.3 Å². The van der Waals surface area contributed by atoms with Crippen LogP contribution in [-0.2, 0) is 0 Å². The first-order valence-corrected chi connectivity index (χ1v) is 5.08. The molecule has 68 valence electrons. The molecule has 0 aromatic rings. The number of rotatable bonds is 3. The van der Waals surface area contributed by atoms with Crippen LogP contribution in [-0.4, -0.2) is 6.54 Å². The molecule has 0 amide bonds. The molecule has 2 saturated carbocycles. The highest BCUT2D eigenvalue weighted by Gasteiger charge is 2.60. The molecule has 0 aromatic heterocycles. The van der Waals surface area contributed by atoms with E-state index in [4.69, 9.17) is 0 Å². The van der Waals surface area contributed by atoms with E-state index in [9.17, 15) is 4.91 Å². The van der Waals surface area contributed by atoms with Gasteiger partial charge < -0.3 is 0 Å². The summed E-state index contributed by atoms with van der Waals surface area (Å²) in [6, 6.07) is 0. The first-order chi connectivity index (χ1) is 5.79. The van der Waals surface area contributed by atoms with Crippen LogP contribution in [0.3, 0.4) is 0 Å². The molecule has 0 bridgehead atoms. The Labute approximate surface area is 73.7 Å². The van der Waals surface area contributed by atoms with Gasteiger partial charge in [-0.2, -0.15) is 4.91 Å². The lowest BCUT2D eigenvalue weighted by atomic mass is 9.90. The van der Waals surface area contributed by atoms with Gasteiger partial charge >= 0.3 is 0 Å². The third kappa shape index (κ3) is 1.08. The van der Waals surface area contributed by atoms with Crippen LogP contribution in [0.25, 0.3) is 0 Å². The van der Waals surface area contributed by atoms with Crippen LogP contribution >= 0.6 is 0 Å². The highest BCUT2D eigenvalue weighted by molar-refractivity contribution is 5.09. The Kier molecular flexibility index (Phi) is 1.93. The topological polar surface area (TPSA) is 29.4 Å². The Morgan fingerprint density at radius 2 is 2.33 bits per heavy atom. The Hall–Kier alpha value is -0.400. The highest BCUT2D eigenvalue weighted by Crippen LogP contribution is 2.67. The first-order valence-electron chi connectivity index (χ1n) is 5.08. The Bertz CT molecular complexity index is 192. The van der Waals surface area contributed by atoms with E-state index in [-0.39, 0.29) is 0 Å². The number of hydrogen-bond acceptors (Lipinski definition) is 2. The minimum Gasteiger partial charge on any atom is -0.151 e. The largest absolute Gasteiger partial charge is 0.151 e. The van der Waals surface area contributed by atoms with Crippen LogP contribution < -0.4 is 0 Å². The number of fused-ring (bicyclic) bond motifs is 1. The lowest BCUT2D eigenvalue weighted by molar-refractivity contribution is 0.358. The lowest BCUT2D eigenvalue weighted by Gasteiger charge is -2.16. The second-order valence-corrected chi connectivity index (χ2v) is 4.61. The predicted octanol–water partition coefficient (Wildman–Crippen LogP) is 2.97. The maximum absolute atomic E-state index is 10.00. The summed E-state index contributed by atoms with van der Waals surface area (Å²) in [4.78, 5) is 10.00. The van der Waals surface area contributed by atoms with E-state index in [1.165, 1.54) is 25.7 Å². The fraction of sp³-hybridized carbons (Fsp3) is 1.00. The summed E-state index contributed by atoms with van der Waals surface area (Å²) in [5, 5.41) is 2.95. The van der Waals surface area contributed by atoms with Crippen molar-refractivity contribution in [3.05, 3.63) is 4.91 Å². The molecular formula is C10H17NO. The molecule has 0 spiro atoms. The van der Waals surface area contributed by atoms with Crippen LogP contribution in [0.5, 0.6) is 0 Å². The van der Waals surface area contributed by atoms with Crippen molar-refractivity contribution < 1.29 is 0 Å². The summed E-state index contributed by atoms with van der Waals surface area (Å²) in [5.41, 5.74) is 0.614. The van der Waals surface area contributed by atoms with Crippen LogP contribution in [0.15, 0.2) is 5.18 Å². The smallest absolute Gasteiger partial charge is 0.0814 e. The zero-order valence-electron chi connectivity index (χ0n) is 7.75. The van der Waals surface area contributed by atoms with Gasteiger partial charge in [0.1, 0.15) is 0 Å². The van der Waals surface area contributed by atoms with Gasteiger partial charge in [0.05, 0.1) is 6.54 Å². The van der Waals surface area contributed by atoms with Gasteiger partial charge in [-0.05, 0) is 36.5 Å². The second-order valence-electron chi connectivity index (χ2n) is 4.61. The number of nitroso groups, excluding NO2 is 1. The summed E-state index contributed by atoms with van der Waals surface area (Å²) in [6.45, 7) is 2.93. The Balaban J connectivity index is 1.89. The standard InChI is InChI=1S/C10H17NO/c1-10-6-3-2-4-8(10)9(10)5-7-11-12/h8-9H,2-7H2,1H3. The van der Waals surface area contributed by atoms with Crippen LogP contribution in [0.1, 0.15) is 39.0 Å². The molecule has 3 atom stereocenters. The zero-order valence-corrected chi connectivity index (χ0v) is 7.75. The fourth-order valence-electron chi connectivity index (χ4n) is 3.26. The SMILES string of the molecule is CC12CCCCC1C2CCN=O. The molecule has 2 rings (SSSR count). The molecule has 0 heterocycles. The van der Waals surface area contributed by atoms with E-state index >= 15 is 0 Å². The monoisotopic (exact) mass is 167 g/mol. The molecule has 2 aliphatic rings. The van der Waals surface area contributed by atoms with Crippen molar-refractivity contribution in [2.75, 3.05) is 6.54 Å². The van der Waals surface area contributed by atoms with Crippen molar-refractivity contribution in [1.82, 2.24) is 0 Å². The van der Waals surface area contributed by atoms with Gasteiger partial charge in [-0.1, -0.05) is 24.9 Å². The van der Waals surface area contributed by atoms with Gasteiger partial charge in [-0.3, -0.25) is 0 Å². The quantitative estimate of drug-likeness (QED) is 0.594. The molecule has 0 N–H and O–H groups in total. The molecule has 2 fully saturated rings. The summed E-state index contributed by atoms with van der Waals surface area (Å²) in [5.74, 6) is 1.77. The third-order valence-electron chi connectivity index (χ3n) is 4.08. The zero-order chi connectivity index (χ0) is 8.60. The molecule has 2 aliphatic carbocycles. The van der Waals surface area contributed by atoms with Crippen LogP contribution in [0.2, 0.25) is 0 Å². The summed E-state index contributed by atoms with van der Waals surface area (Å²) < 4.78 is 0. The summed E-state index contributed by atoms with van der Waals surface area (Å²) >= 11 is 0.